The van der Waals surface area contributed by atoms with Gasteiger partial charge in [-0.1, -0.05) is 0 Å². The predicted octanol–water partition coefficient (Wildman–Crippen LogP) is 1.78. The molecule has 0 saturated carbocycles. The van der Waals surface area contributed by atoms with E-state index in [1.54, 1.807) is 19.9 Å². The first-order valence-corrected chi connectivity index (χ1v) is 10.9. The summed E-state index contributed by atoms with van der Waals surface area (Å²) in [5, 5.41) is 18.9. The van der Waals surface area contributed by atoms with Crippen molar-refractivity contribution in [2.45, 2.75) is 43.6 Å². The minimum Gasteiger partial charge on any atom is -0.508 e. The van der Waals surface area contributed by atoms with Gasteiger partial charge in [0.05, 0.1) is 15.9 Å². The first-order chi connectivity index (χ1) is 12.2. The summed E-state index contributed by atoms with van der Waals surface area (Å²) < 4.78 is 49.2. The number of rotatable bonds is 4. The molecule has 0 heterocycles. The summed E-state index contributed by atoms with van der Waals surface area (Å²) >= 11 is 0. The SMILES string of the molecule is Cc1cc(S(N)(=O)=O)ccc1O.Cc1cc(S(N)(=O)=O)ccc1OC(C)C. The molecule has 150 valence electrons. The molecule has 0 aliphatic carbocycles. The molecule has 0 amide bonds. The van der Waals surface area contributed by atoms with Crippen LogP contribution in [0.5, 0.6) is 11.5 Å². The van der Waals surface area contributed by atoms with Crippen molar-refractivity contribution in [2.75, 3.05) is 0 Å². The fourth-order valence-electron chi connectivity index (χ4n) is 1.99. The van der Waals surface area contributed by atoms with E-state index in [9.17, 15) is 16.8 Å². The Morgan fingerprint density at radius 1 is 0.852 bits per heavy atom. The van der Waals surface area contributed by atoms with Crippen molar-refractivity contribution in [2.24, 2.45) is 10.3 Å². The van der Waals surface area contributed by atoms with Gasteiger partial charge in [-0.15, -0.1) is 0 Å². The van der Waals surface area contributed by atoms with Gasteiger partial charge in [-0.25, -0.2) is 27.1 Å². The minimum absolute atomic E-state index is 0.0119. The number of hydrogen-bond acceptors (Lipinski definition) is 6. The standard InChI is InChI=1S/C10H15NO3S.C7H9NO3S/c1-7(2)14-10-5-4-9(6-8(10)3)15(11,12)13;1-5-4-6(12(8,10)11)2-3-7(5)9/h4-7H,1-3H3,(H2,11,12,13);2-4,9H,1H3,(H2,8,10,11). The average molecular weight is 417 g/mol. The number of phenols is 1. The molecule has 8 nitrogen and oxygen atoms in total. The number of nitrogens with two attached hydrogens (primary N) is 2. The van der Waals surface area contributed by atoms with Crippen LogP contribution in [0.25, 0.3) is 0 Å². The Morgan fingerprint density at radius 2 is 1.30 bits per heavy atom. The second kappa shape index (κ2) is 8.70. The lowest BCUT2D eigenvalue weighted by Gasteiger charge is -2.12. The number of ether oxygens (including phenoxy) is 1. The third kappa shape index (κ3) is 7.18. The number of aryl methyl sites for hydroxylation is 2. The van der Waals surface area contributed by atoms with Crippen molar-refractivity contribution in [3.63, 3.8) is 0 Å². The molecule has 2 aromatic rings. The molecular weight excluding hydrogens is 392 g/mol. The van der Waals surface area contributed by atoms with E-state index in [0.29, 0.717) is 11.3 Å². The van der Waals surface area contributed by atoms with Crippen LogP contribution in [0, 0.1) is 13.8 Å². The highest BCUT2D eigenvalue weighted by Crippen LogP contribution is 2.22. The van der Waals surface area contributed by atoms with E-state index in [1.165, 1.54) is 30.3 Å². The van der Waals surface area contributed by atoms with Gasteiger partial charge in [0.2, 0.25) is 20.0 Å². The van der Waals surface area contributed by atoms with Crippen LogP contribution in [0.1, 0.15) is 25.0 Å². The maximum Gasteiger partial charge on any atom is 0.238 e. The Hall–Kier alpha value is -2.14. The van der Waals surface area contributed by atoms with Crippen LogP contribution in [0.15, 0.2) is 46.2 Å². The lowest BCUT2D eigenvalue weighted by molar-refractivity contribution is 0.240. The first kappa shape index (κ1) is 22.9. The van der Waals surface area contributed by atoms with E-state index in [2.05, 4.69) is 0 Å². The summed E-state index contributed by atoms with van der Waals surface area (Å²) in [6, 6.07) is 8.46. The maximum atomic E-state index is 11.1. The van der Waals surface area contributed by atoms with E-state index in [1.807, 2.05) is 13.8 Å². The number of sulfonamides is 2. The van der Waals surface area contributed by atoms with Crippen molar-refractivity contribution < 1.29 is 26.7 Å². The molecule has 0 radical (unpaired) electrons. The molecule has 0 unspecified atom stereocenters. The van der Waals surface area contributed by atoms with Gasteiger partial charge in [-0.2, -0.15) is 0 Å². The minimum atomic E-state index is -3.65. The van der Waals surface area contributed by atoms with Gasteiger partial charge >= 0.3 is 0 Å². The second-order valence-corrected chi connectivity index (χ2v) is 9.26. The molecule has 2 aromatic carbocycles. The molecule has 0 aliphatic rings. The molecule has 27 heavy (non-hydrogen) atoms. The zero-order valence-corrected chi connectivity index (χ0v) is 17.1. The van der Waals surface area contributed by atoms with Gasteiger partial charge < -0.3 is 9.84 Å². The van der Waals surface area contributed by atoms with Crippen molar-refractivity contribution in [3.8, 4) is 11.5 Å². The Kier molecular flexibility index (Phi) is 7.38. The Labute approximate surface area is 159 Å². The van der Waals surface area contributed by atoms with E-state index in [0.717, 1.165) is 5.56 Å². The average Bonchev–Trinajstić information content (AvgIpc) is 2.50. The molecule has 5 N–H and O–H groups in total. The smallest absolute Gasteiger partial charge is 0.238 e. The van der Waals surface area contributed by atoms with Crippen LogP contribution in [0.2, 0.25) is 0 Å². The van der Waals surface area contributed by atoms with E-state index in [4.69, 9.17) is 20.1 Å². The molecule has 0 aliphatic heterocycles. The van der Waals surface area contributed by atoms with Crippen LogP contribution in [-0.4, -0.2) is 28.0 Å². The van der Waals surface area contributed by atoms with Crippen molar-refractivity contribution in [3.05, 3.63) is 47.5 Å². The van der Waals surface area contributed by atoms with Crippen LogP contribution in [-0.2, 0) is 20.0 Å². The topological polar surface area (TPSA) is 150 Å². The Morgan fingerprint density at radius 3 is 1.67 bits per heavy atom. The number of hydrogen-bond donors (Lipinski definition) is 3. The normalized spacial score (nSPS) is 11.7. The van der Waals surface area contributed by atoms with Gasteiger partial charge in [0.25, 0.3) is 0 Å². The van der Waals surface area contributed by atoms with E-state index < -0.39 is 20.0 Å². The van der Waals surface area contributed by atoms with Crippen LogP contribution < -0.4 is 15.0 Å². The van der Waals surface area contributed by atoms with Crippen molar-refractivity contribution in [1.82, 2.24) is 0 Å². The number of phenolic OH excluding ortho intramolecular Hbond substituents is 1. The third-order valence-electron chi connectivity index (χ3n) is 3.33. The summed E-state index contributed by atoms with van der Waals surface area (Å²) in [4.78, 5) is 0.119. The van der Waals surface area contributed by atoms with Gasteiger partial charge in [-0.3, -0.25) is 0 Å². The molecule has 0 atom stereocenters. The summed E-state index contributed by atoms with van der Waals surface area (Å²) in [5.74, 6) is 0.736. The fourth-order valence-corrected chi connectivity index (χ4v) is 3.19. The second-order valence-electron chi connectivity index (χ2n) is 6.13. The molecule has 10 heteroatoms. The van der Waals surface area contributed by atoms with Gasteiger partial charge in [0.1, 0.15) is 11.5 Å². The third-order valence-corrected chi connectivity index (χ3v) is 5.16. The molecule has 0 saturated heterocycles. The molecule has 0 fully saturated rings. The Bertz CT molecular complexity index is 1020. The van der Waals surface area contributed by atoms with Crippen molar-refractivity contribution >= 4 is 20.0 Å². The van der Waals surface area contributed by atoms with Gasteiger partial charge in [-0.05, 0) is 75.2 Å². The van der Waals surface area contributed by atoms with E-state index >= 15 is 0 Å². The highest BCUT2D eigenvalue weighted by atomic mass is 32.2. The van der Waals surface area contributed by atoms with Gasteiger partial charge in [0.15, 0.2) is 0 Å². The summed E-state index contributed by atoms with van der Waals surface area (Å²) in [6.07, 6.45) is 0.0593. The lowest BCUT2D eigenvalue weighted by Crippen LogP contribution is -2.13. The van der Waals surface area contributed by atoms with E-state index in [-0.39, 0.29) is 21.6 Å². The quantitative estimate of drug-likeness (QED) is 0.691. The monoisotopic (exact) mass is 416 g/mol. The lowest BCUT2D eigenvalue weighted by atomic mass is 10.2. The van der Waals surface area contributed by atoms with Crippen LogP contribution >= 0.6 is 0 Å². The molecule has 0 bridgehead atoms. The summed E-state index contributed by atoms with van der Waals surface area (Å²) in [5.41, 5.74) is 1.25. The van der Waals surface area contributed by atoms with Gasteiger partial charge in [0, 0.05) is 0 Å². The number of primary sulfonamides is 2. The zero-order chi connectivity index (χ0) is 21.0. The molecular formula is C17H24N2O6S2. The predicted molar refractivity (Wildman–Crippen MR) is 103 cm³/mol. The number of benzene rings is 2. The number of aromatic hydroxyl groups is 1. The summed E-state index contributed by atoms with van der Waals surface area (Å²) in [6.45, 7) is 7.20. The molecule has 2 rings (SSSR count). The zero-order valence-electron chi connectivity index (χ0n) is 15.5. The molecule has 0 aromatic heterocycles. The molecule has 0 spiro atoms. The first-order valence-electron chi connectivity index (χ1n) is 7.84. The fraction of sp³-hybridized carbons (Fsp3) is 0.294. The van der Waals surface area contributed by atoms with Crippen LogP contribution in [0.3, 0.4) is 0 Å². The highest BCUT2D eigenvalue weighted by Gasteiger charge is 2.10. The Balaban J connectivity index is 0.000000277. The summed E-state index contributed by atoms with van der Waals surface area (Å²) in [7, 11) is -7.28. The van der Waals surface area contributed by atoms with Crippen LogP contribution in [0.4, 0.5) is 0 Å². The largest absolute Gasteiger partial charge is 0.508 e. The highest BCUT2D eigenvalue weighted by molar-refractivity contribution is 7.89. The maximum absolute atomic E-state index is 11.1. The van der Waals surface area contributed by atoms with Crippen molar-refractivity contribution in [1.29, 1.82) is 0 Å².